The second-order valence-electron chi connectivity index (χ2n) is 13.9. The Labute approximate surface area is 251 Å². The van der Waals surface area contributed by atoms with E-state index in [0.29, 0.717) is 48.6 Å². The van der Waals surface area contributed by atoms with E-state index in [1.165, 1.54) is 18.9 Å². The van der Waals surface area contributed by atoms with E-state index in [1.54, 1.807) is 69.5 Å². The molecular weight excluding hydrogens is 552 g/mol. The Morgan fingerprint density at radius 2 is 1.98 bits per heavy atom. The molecule has 5 aliphatic rings. The van der Waals surface area contributed by atoms with Crippen LogP contribution in [0.5, 0.6) is 11.5 Å². The number of benzene rings is 1. The maximum atomic E-state index is 13.4. The summed E-state index contributed by atoms with van der Waals surface area (Å²) < 4.78 is 23.0. The van der Waals surface area contributed by atoms with Gasteiger partial charge in [0.15, 0.2) is 11.5 Å². The smallest absolute Gasteiger partial charge is 0.483 e. The highest BCUT2D eigenvalue weighted by Crippen LogP contribution is 2.68. The lowest BCUT2D eigenvalue weighted by Gasteiger charge is -2.65. The molecule has 2 saturated carbocycles. The molecule has 1 saturated heterocycles. The molecule has 2 aliphatic heterocycles. The van der Waals surface area contributed by atoms with E-state index >= 15 is 0 Å². The molecule has 3 aliphatic carbocycles. The van der Waals surface area contributed by atoms with Gasteiger partial charge in [-0.1, -0.05) is 6.07 Å². The summed E-state index contributed by atoms with van der Waals surface area (Å²) in [5, 5.41) is 24.7. The van der Waals surface area contributed by atoms with Crippen molar-refractivity contribution < 1.29 is 38.4 Å². The number of rotatable bonds is 6. The van der Waals surface area contributed by atoms with Crippen molar-refractivity contribution >= 4 is 18.1 Å². The van der Waals surface area contributed by atoms with Crippen molar-refractivity contribution in [2.45, 2.75) is 93.8 Å². The number of carbonyl (C=O) groups excluding carboxylic acids is 2. The first kappa shape index (κ1) is 28.4. The zero-order valence-electron chi connectivity index (χ0n) is 25.1. The normalized spacial score (nSPS) is 32.7. The van der Waals surface area contributed by atoms with Gasteiger partial charge >= 0.3 is 6.16 Å². The number of furan rings is 1. The number of likely N-dealkylation sites (N-methyl/N-ethyl adjacent to an activating group) is 1. The quantitative estimate of drug-likeness (QED) is 0.289. The molecule has 7 rings (SSSR count). The van der Waals surface area contributed by atoms with Gasteiger partial charge in [0, 0.05) is 30.8 Å². The molecular formula is C33H40N2O8. The number of hydrogen-bond acceptors (Lipinski definition) is 9. The van der Waals surface area contributed by atoms with Crippen LogP contribution in [-0.4, -0.2) is 81.6 Å². The summed E-state index contributed by atoms with van der Waals surface area (Å²) in [5.41, 5.74) is -0.812. The van der Waals surface area contributed by atoms with Gasteiger partial charge in [0.1, 0.15) is 11.7 Å². The first-order valence-corrected chi connectivity index (χ1v) is 15.3. The molecule has 1 amide bonds. The Morgan fingerprint density at radius 3 is 2.67 bits per heavy atom. The fraction of sp³-hybridized carbons (Fsp3) is 0.576. The van der Waals surface area contributed by atoms with E-state index in [9.17, 15) is 19.8 Å². The lowest BCUT2D eigenvalue weighted by Crippen LogP contribution is -2.79. The number of amides is 1. The third-order valence-electron chi connectivity index (χ3n) is 10.1. The molecule has 3 fully saturated rings. The van der Waals surface area contributed by atoms with Crippen molar-refractivity contribution in [3.8, 4) is 11.5 Å². The SMILES string of the molecule is CN(C(=O)/C=C/c1ccoc1)[C@@H]1CC[C@@]2(O)[C@H]3[C@H](O)c4ccc(OC(=O)OC(C)(C)C)c5c4[C@@]2(CCN3CC2CC2)[C@H]1O5. The van der Waals surface area contributed by atoms with Gasteiger partial charge in [-0.25, -0.2) is 4.79 Å². The highest BCUT2D eigenvalue weighted by Gasteiger charge is 2.75. The van der Waals surface area contributed by atoms with E-state index in [0.717, 1.165) is 12.1 Å². The maximum Gasteiger partial charge on any atom is 0.514 e. The number of likely N-dealkylation sites (tertiary alicyclic amines) is 1. The number of piperidine rings is 1. The third-order valence-corrected chi connectivity index (χ3v) is 10.1. The van der Waals surface area contributed by atoms with Gasteiger partial charge in [0.2, 0.25) is 5.91 Å². The van der Waals surface area contributed by atoms with Crippen LogP contribution in [0.1, 0.15) is 75.7 Å². The Balaban J connectivity index is 1.30. The first-order valence-electron chi connectivity index (χ1n) is 15.3. The number of nitrogens with zero attached hydrogens (tertiary/aromatic N) is 2. The van der Waals surface area contributed by atoms with E-state index in [2.05, 4.69) is 4.90 Å². The predicted molar refractivity (Wildman–Crippen MR) is 156 cm³/mol. The van der Waals surface area contributed by atoms with Crippen LogP contribution in [0.2, 0.25) is 0 Å². The van der Waals surface area contributed by atoms with Crippen molar-refractivity contribution in [2.24, 2.45) is 5.92 Å². The Bertz CT molecular complexity index is 1460. The summed E-state index contributed by atoms with van der Waals surface area (Å²) in [6, 6.07) is 4.32. The zero-order chi connectivity index (χ0) is 30.3. The van der Waals surface area contributed by atoms with Crippen molar-refractivity contribution in [3.05, 3.63) is 53.5 Å². The first-order chi connectivity index (χ1) is 20.4. The Morgan fingerprint density at radius 1 is 1.19 bits per heavy atom. The highest BCUT2D eigenvalue weighted by molar-refractivity contribution is 5.92. The lowest BCUT2D eigenvalue weighted by molar-refractivity contribution is -0.223. The van der Waals surface area contributed by atoms with Gasteiger partial charge in [-0.15, -0.1) is 0 Å². The lowest BCUT2D eigenvalue weighted by atomic mass is 9.47. The average molecular weight is 593 g/mol. The van der Waals surface area contributed by atoms with E-state index in [-0.39, 0.29) is 17.7 Å². The molecule has 230 valence electrons. The number of aliphatic hydroxyl groups is 2. The Kier molecular flexibility index (Phi) is 6.50. The van der Waals surface area contributed by atoms with E-state index < -0.39 is 41.0 Å². The molecule has 1 aromatic heterocycles. The molecule has 2 N–H and O–H groups in total. The van der Waals surface area contributed by atoms with Crippen molar-refractivity contribution in [2.75, 3.05) is 20.1 Å². The van der Waals surface area contributed by atoms with E-state index in [4.69, 9.17) is 18.6 Å². The maximum absolute atomic E-state index is 13.4. The van der Waals surface area contributed by atoms with E-state index in [1.807, 2.05) is 0 Å². The molecule has 2 aromatic rings. The van der Waals surface area contributed by atoms with Crippen LogP contribution in [0.15, 0.2) is 41.2 Å². The fourth-order valence-electron chi connectivity index (χ4n) is 8.16. The molecule has 0 radical (unpaired) electrons. The van der Waals surface area contributed by atoms with Gasteiger partial charge in [0.05, 0.1) is 41.7 Å². The highest BCUT2D eigenvalue weighted by atomic mass is 16.7. The van der Waals surface area contributed by atoms with Crippen LogP contribution in [0, 0.1) is 5.92 Å². The van der Waals surface area contributed by atoms with Gasteiger partial charge in [-0.2, -0.15) is 0 Å². The average Bonchev–Trinajstić information content (AvgIpc) is 3.45. The van der Waals surface area contributed by atoms with Crippen molar-refractivity contribution in [1.82, 2.24) is 9.80 Å². The molecule has 1 spiro atoms. The van der Waals surface area contributed by atoms with Gasteiger partial charge in [-0.3, -0.25) is 9.69 Å². The number of hydrogen-bond donors (Lipinski definition) is 2. The van der Waals surface area contributed by atoms with Crippen LogP contribution in [0.4, 0.5) is 4.79 Å². The minimum Gasteiger partial charge on any atom is -0.483 e. The summed E-state index contributed by atoms with van der Waals surface area (Å²) in [6.07, 6.45) is 7.71. The van der Waals surface area contributed by atoms with Gasteiger partial charge in [-0.05, 0) is 89.1 Å². The molecule has 2 bridgehead atoms. The van der Waals surface area contributed by atoms with Gasteiger partial charge in [0.25, 0.3) is 0 Å². The van der Waals surface area contributed by atoms with Crippen molar-refractivity contribution in [1.29, 1.82) is 0 Å². The summed E-state index contributed by atoms with van der Waals surface area (Å²) in [5.74, 6) is 0.903. The second kappa shape index (κ2) is 9.84. The summed E-state index contributed by atoms with van der Waals surface area (Å²) in [4.78, 5) is 30.2. The number of ether oxygens (including phenoxy) is 3. The van der Waals surface area contributed by atoms with Crippen LogP contribution in [0.3, 0.4) is 0 Å². The molecule has 1 aromatic carbocycles. The third kappa shape index (κ3) is 4.40. The zero-order valence-corrected chi connectivity index (χ0v) is 25.1. The largest absolute Gasteiger partial charge is 0.514 e. The molecule has 10 heteroatoms. The minimum atomic E-state index is -1.31. The monoisotopic (exact) mass is 592 g/mol. The van der Waals surface area contributed by atoms with Crippen molar-refractivity contribution in [3.63, 3.8) is 0 Å². The van der Waals surface area contributed by atoms with Crippen LogP contribution in [-0.2, 0) is 14.9 Å². The molecule has 3 heterocycles. The minimum absolute atomic E-state index is 0.178. The summed E-state index contributed by atoms with van der Waals surface area (Å²) in [7, 11) is 1.76. The topological polar surface area (TPSA) is 122 Å². The molecule has 6 atom stereocenters. The van der Waals surface area contributed by atoms with Crippen LogP contribution in [0.25, 0.3) is 6.08 Å². The predicted octanol–water partition coefficient (Wildman–Crippen LogP) is 4.19. The molecule has 43 heavy (non-hydrogen) atoms. The summed E-state index contributed by atoms with van der Waals surface area (Å²) in [6.45, 7) is 6.80. The second-order valence-corrected chi connectivity index (χ2v) is 13.9. The standard InChI is InChI=1S/C33H40N2O8/c1-31(2,3)43-30(38)41-23-9-8-21-25-27(23)42-29-22(34(4)24(36)10-7-20-12-16-40-18-20)11-13-33(39)28(26(21)37)35(17-19-5-6-19)15-14-32(25,29)33/h7-10,12,16,18-19,22,26,28-29,37,39H,5-6,11,13-15,17H2,1-4H3/b10-7+/t22-,26-,28-,29+,32+,33-/m1/s1. The van der Waals surface area contributed by atoms with Crippen LogP contribution < -0.4 is 9.47 Å². The fourth-order valence-corrected chi connectivity index (χ4v) is 8.16. The molecule has 10 nitrogen and oxygen atoms in total. The number of carbonyl (C=O) groups is 2. The Hall–Kier alpha value is -3.34. The van der Waals surface area contributed by atoms with Gasteiger partial charge < -0.3 is 33.7 Å². The molecule has 0 unspecified atom stereocenters. The summed E-state index contributed by atoms with van der Waals surface area (Å²) >= 11 is 0. The number of aliphatic hydroxyl groups excluding tert-OH is 1. The van der Waals surface area contributed by atoms with Crippen LogP contribution >= 0.6 is 0 Å².